The van der Waals surface area contributed by atoms with E-state index in [9.17, 15) is 9.59 Å². The smallest absolute Gasteiger partial charge is 0.222 e. The summed E-state index contributed by atoms with van der Waals surface area (Å²) >= 11 is 0. The third-order valence-corrected chi connectivity index (χ3v) is 3.91. The highest BCUT2D eigenvalue weighted by atomic mass is 16.5. The van der Waals surface area contributed by atoms with Crippen LogP contribution in [0.15, 0.2) is 48.7 Å². The van der Waals surface area contributed by atoms with E-state index in [1.54, 1.807) is 42.4 Å². The quantitative estimate of drug-likeness (QED) is 0.658. The Morgan fingerprint density at radius 1 is 1.08 bits per heavy atom. The summed E-state index contributed by atoms with van der Waals surface area (Å²) < 4.78 is 5.36. The number of carbonyl (C=O) groups excluding carboxylic acids is 2. The maximum absolute atomic E-state index is 12.2. The number of aromatic nitrogens is 1. The molecule has 0 saturated heterocycles. The van der Waals surface area contributed by atoms with Gasteiger partial charge in [-0.3, -0.25) is 14.6 Å². The van der Waals surface area contributed by atoms with Gasteiger partial charge in [0.15, 0.2) is 5.78 Å². The van der Waals surface area contributed by atoms with E-state index in [-0.39, 0.29) is 24.5 Å². The average molecular weight is 340 g/mol. The molecule has 1 aromatic heterocycles. The topological polar surface area (TPSA) is 59.5 Å². The largest absolute Gasteiger partial charge is 0.494 e. The molecule has 5 heteroatoms. The van der Waals surface area contributed by atoms with Crippen LogP contribution in [0.2, 0.25) is 0 Å². The summed E-state index contributed by atoms with van der Waals surface area (Å²) in [5.74, 6) is 0.675. The van der Waals surface area contributed by atoms with E-state index in [1.165, 1.54) is 0 Å². The first-order valence-electron chi connectivity index (χ1n) is 8.50. The minimum absolute atomic E-state index is 0.0322. The van der Waals surface area contributed by atoms with Gasteiger partial charge in [0, 0.05) is 50.3 Å². The van der Waals surface area contributed by atoms with Gasteiger partial charge in [0.1, 0.15) is 5.75 Å². The van der Waals surface area contributed by atoms with Crippen molar-refractivity contribution >= 4 is 11.7 Å². The van der Waals surface area contributed by atoms with Crippen LogP contribution in [0.1, 0.15) is 35.8 Å². The summed E-state index contributed by atoms with van der Waals surface area (Å²) in [6.07, 6.45) is 2.87. The number of benzene rings is 1. The van der Waals surface area contributed by atoms with Gasteiger partial charge in [0.05, 0.1) is 6.61 Å². The molecule has 0 bridgehead atoms. The second-order valence-corrected chi connectivity index (χ2v) is 5.77. The van der Waals surface area contributed by atoms with Crippen molar-refractivity contribution in [2.45, 2.75) is 26.2 Å². The first-order valence-corrected chi connectivity index (χ1v) is 8.50. The first kappa shape index (κ1) is 18.6. The molecule has 0 aliphatic carbocycles. The minimum Gasteiger partial charge on any atom is -0.494 e. The van der Waals surface area contributed by atoms with Crippen LogP contribution in [0.5, 0.6) is 5.75 Å². The summed E-state index contributed by atoms with van der Waals surface area (Å²) in [5.41, 5.74) is 1.56. The Morgan fingerprint density at radius 2 is 1.84 bits per heavy atom. The van der Waals surface area contributed by atoms with Crippen molar-refractivity contribution in [3.05, 3.63) is 59.9 Å². The normalized spacial score (nSPS) is 10.3. The fraction of sp³-hybridized carbons (Fsp3) is 0.350. The van der Waals surface area contributed by atoms with Crippen LogP contribution < -0.4 is 4.74 Å². The Labute approximate surface area is 148 Å². The monoisotopic (exact) mass is 340 g/mol. The lowest BCUT2D eigenvalue weighted by molar-refractivity contribution is -0.129. The zero-order valence-corrected chi connectivity index (χ0v) is 14.8. The molecule has 5 nitrogen and oxygen atoms in total. The summed E-state index contributed by atoms with van der Waals surface area (Å²) in [4.78, 5) is 30.3. The molecule has 0 aliphatic rings. The molecule has 0 spiro atoms. The first-order chi connectivity index (χ1) is 12.1. The molecule has 0 saturated carbocycles. The van der Waals surface area contributed by atoms with Gasteiger partial charge in [-0.05, 0) is 43.3 Å². The van der Waals surface area contributed by atoms with Crippen LogP contribution in [0.25, 0.3) is 0 Å². The molecule has 2 aromatic rings. The summed E-state index contributed by atoms with van der Waals surface area (Å²) in [6, 6.07) is 12.8. The summed E-state index contributed by atoms with van der Waals surface area (Å²) in [5, 5.41) is 0. The lowest BCUT2D eigenvalue weighted by Gasteiger charge is -2.16. The highest BCUT2D eigenvalue weighted by molar-refractivity contribution is 5.98. The zero-order valence-electron chi connectivity index (χ0n) is 14.8. The molecule has 1 aromatic carbocycles. The molecule has 2 rings (SSSR count). The van der Waals surface area contributed by atoms with Gasteiger partial charge >= 0.3 is 0 Å². The van der Waals surface area contributed by atoms with Crippen LogP contribution in [0.3, 0.4) is 0 Å². The lowest BCUT2D eigenvalue weighted by atomic mass is 10.1. The predicted octanol–water partition coefficient (Wildman–Crippen LogP) is 3.14. The molecule has 132 valence electrons. The molecule has 1 amide bonds. The van der Waals surface area contributed by atoms with Gasteiger partial charge in [-0.25, -0.2) is 0 Å². The second-order valence-electron chi connectivity index (χ2n) is 5.77. The van der Waals surface area contributed by atoms with Crippen LogP contribution in [0, 0.1) is 0 Å². The van der Waals surface area contributed by atoms with Crippen LogP contribution >= 0.6 is 0 Å². The molecule has 25 heavy (non-hydrogen) atoms. The van der Waals surface area contributed by atoms with E-state index in [0.29, 0.717) is 25.1 Å². The standard InChI is InChI=1S/C20H24N2O3/c1-3-25-18-9-7-16(8-10-18)19(23)11-12-20(24)22(2)15-13-17-6-4-5-14-21-17/h4-10,14H,3,11-13,15H2,1-2H3. The molecule has 0 unspecified atom stereocenters. The molecule has 0 aliphatic heterocycles. The van der Waals surface area contributed by atoms with Crippen LogP contribution in [-0.2, 0) is 11.2 Å². The molecule has 0 N–H and O–H groups in total. The average Bonchev–Trinajstić information content (AvgIpc) is 2.65. The van der Waals surface area contributed by atoms with Crippen molar-refractivity contribution in [2.24, 2.45) is 0 Å². The van der Waals surface area contributed by atoms with Crippen LogP contribution in [-0.4, -0.2) is 41.8 Å². The molecule has 0 radical (unpaired) electrons. The number of ketones is 1. The fourth-order valence-corrected chi connectivity index (χ4v) is 2.41. The number of carbonyl (C=O) groups is 2. The predicted molar refractivity (Wildman–Crippen MR) is 96.8 cm³/mol. The third kappa shape index (κ3) is 6.03. The Balaban J connectivity index is 1.77. The zero-order chi connectivity index (χ0) is 18.1. The van der Waals surface area contributed by atoms with E-state index in [2.05, 4.69) is 4.98 Å². The molecule has 0 atom stereocenters. The Hall–Kier alpha value is -2.69. The van der Waals surface area contributed by atoms with Crippen LogP contribution in [0.4, 0.5) is 0 Å². The molecular weight excluding hydrogens is 316 g/mol. The van der Waals surface area contributed by atoms with E-state index < -0.39 is 0 Å². The van der Waals surface area contributed by atoms with Crippen molar-refractivity contribution in [3.8, 4) is 5.75 Å². The second kappa shape index (κ2) is 9.57. The van der Waals surface area contributed by atoms with Crippen molar-refractivity contribution in [3.63, 3.8) is 0 Å². The van der Waals surface area contributed by atoms with Crippen molar-refractivity contribution < 1.29 is 14.3 Å². The highest BCUT2D eigenvalue weighted by Gasteiger charge is 2.13. The maximum Gasteiger partial charge on any atom is 0.222 e. The van der Waals surface area contributed by atoms with E-state index in [4.69, 9.17) is 4.74 Å². The number of ether oxygens (including phenoxy) is 1. The number of pyridine rings is 1. The highest BCUT2D eigenvalue weighted by Crippen LogP contribution is 2.14. The SMILES string of the molecule is CCOc1ccc(C(=O)CCC(=O)N(C)CCc2ccccn2)cc1. The van der Waals surface area contributed by atoms with Gasteiger partial charge in [0.25, 0.3) is 0 Å². The van der Waals surface area contributed by atoms with E-state index in [1.807, 2.05) is 25.1 Å². The van der Waals surface area contributed by atoms with E-state index in [0.717, 1.165) is 11.4 Å². The number of likely N-dealkylation sites (N-methyl/N-ethyl adjacent to an activating group) is 1. The van der Waals surface area contributed by atoms with Gasteiger partial charge in [-0.15, -0.1) is 0 Å². The van der Waals surface area contributed by atoms with E-state index >= 15 is 0 Å². The summed E-state index contributed by atoms with van der Waals surface area (Å²) in [6.45, 7) is 3.09. The van der Waals surface area contributed by atoms with Crippen molar-refractivity contribution in [2.75, 3.05) is 20.2 Å². The van der Waals surface area contributed by atoms with Crippen molar-refractivity contribution in [1.82, 2.24) is 9.88 Å². The molecule has 0 fully saturated rings. The molecular formula is C20H24N2O3. The number of amides is 1. The van der Waals surface area contributed by atoms with Gasteiger partial charge in [0.2, 0.25) is 5.91 Å². The Morgan fingerprint density at radius 3 is 2.48 bits per heavy atom. The number of nitrogens with zero attached hydrogens (tertiary/aromatic N) is 2. The van der Waals surface area contributed by atoms with Gasteiger partial charge < -0.3 is 9.64 Å². The van der Waals surface area contributed by atoms with Gasteiger partial charge in [-0.1, -0.05) is 6.07 Å². The Kier molecular flexibility index (Phi) is 7.14. The maximum atomic E-state index is 12.2. The molecule has 1 heterocycles. The van der Waals surface area contributed by atoms with Crippen molar-refractivity contribution in [1.29, 1.82) is 0 Å². The number of hydrogen-bond acceptors (Lipinski definition) is 4. The number of rotatable bonds is 9. The number of hydrogen-bond donors (Lipinski definition) is 0. The van der Waals surface area contributed by atoms with Gasteiger partial charge in [-0.2, -0.15) is 0 Å². The number of Topliss-reactive ketones (excluding diaryl/α,β-unsaturated/α-hetero) is 1. The summed E-state index contributed by atoms with van der Waals surface area (Å²) in [7, 11) is 1.76. The third-order valence-electron chi connectivity index (χ3n) is 3.91. The fourth-order valence-electron chi connectivity index (χ4n) is 2.41. The Bertz CT molecular complexity index is 684. The lowest BCUT2D eigenvalue weighted by Crippen LogP contribution is -2.29. The minimum atomic E-state index is -0.0328.